The van der Waals surface area contributed by atoms with Crippen molar-refractivity contribution >= 4 is 5.71 Å². The molecule has 1 N–H and O–H groups in total. The molecule has 0 atom stereocenters. The molecule has 0 unspecified atom stereocenters. The highest BCUT2D eigenvalue weighted by Crippen LogP contribution is 2.21. The van der Waals surface area contributed by atoms with Crippen LogP contribution in [0.5, 0.6) is 0 Å². The standard InChI is InChI=1S/C20H22F3N5/c1-3-15-10-16(12-24-11-15)6-5-7-18(28-27-4-2)17-13-25-19(26-14-17)8-9-20(21,22)23/h4-5,7,10-14,27H,2-3,6,8-9H2,1H3/b7-5-,28-18+. The Bertz CT molecular complexity index is 826. The van der Waals surface area contributed by atoms with Crippen LogP contribution in [0.15, 0.2) is 60.9 Å². The molecular formula is C20H22F3N5. The molecule has 2 aromatic heterocycles. The van der Waals surface area contributed by atoms with Crippen molar-refractivity contribution in [2.45, 2.75) is 38.8 Å². The summed E-state index contributed by atoms with van der Waals surface area (Å²) in [6.07, 6.45) is 7.87. The second kappa shape index (κ2) is 10.3. The zero-order chi connectivity index (χ0) is 20.4. The van der Waals surface area contributed by atoms with Gasteiger partial charge in [0.05, 0.1) is 12.1 Å². The predicted octanol–water partition coefficient (Wildman–Crippen LogP) is 4.17. The van der Waals surface area contributed by atoms with Crippen molar-refractivity contribution in [3.05, 3.63) is 78.3 Å². The van der Waals surface area contributed by atoms with Gasteiger partial charge >= 0.3 is 6.18 Å². The number of rotatable bonds is 9. The van der Waals surface area contributed by atoms with Crippen LogP contribution in [0.4, 0.5) is 13.2 Å². The summed E-state index contributed by atoms with van der Waals surface area (Å²) < 4.78 is 36.9. The van der Waals surface area contributed by atoms with Crippen molar-refractivity contribution in [2.75, 3.05) is 0 Å². The third-order valence-corrected chi connectivity index (χ3v) is 3.80. The maximum absolute atomic E-state index is 12.3. The topological polar surface area (TPSA) is 63.1 Å². The van der Waals surface area contributed by atoms with Crippen molar-refractivity contribution in [1.29, 1.82) is 0 Å². The average molecular weight is 389 g/mol. The number of aryl methyl sites for hydroxylation is 2. The molecule has 0 aliphatic heterocycles. The van der Waals surface area contributed by atoms with Crippen molar-refractivity contribution in [3.8, 4) is 0 Å². The number of nitrogens with zero attached hydrogens (tertiary/aromatic N) is 4. The van der Waals surface area contributed by atoms with Gasteiger partial charge < -0.3 is 0 Å². The number of alkyl halides is 3. The molecule has 0 spiro atoms. The first-order chi connectivity index (χ1) is 13.4. The molecule has 8 heteroatoms. The van der Waals surface area contributed by atoms with Gasteiger partial charge in [-0.1, -0.05) is 25.6 Å². The maximum atomic E-state index is 12.3. The molecule has 2 aromatic rings. The molecule has 2 heterocycles. The van der Waals surface area contributed by atoms with Crippen LogP contribution in [0, 0.1) is 0 Å². The van der Waals surface area contributed by atoms with Crippen LogP contribution in [0.1, 0.15) is 35.9 Å². The van der Waals surface area contributed by atoms with Crippen molar-refractivity contribution in [3.63, 3.8) is 0 Å². The number of hydrazone groups is 1. The average Bonchev–Trinajstić information content (AvgIpc) is 2.69. The van der Waals surface area contributed by atoms with Crippen molar-refractivity contribution in [2.24, 2.45) is 5.10 Å². The normalized spacial score (nSPS) is 12.4. The molecular weight excluding hydrogens is 367 g/mol. The molecule has 0 aliphatic carbocycles. The largest absolute Gasteiger partial charge is 0.389 e. The van der Waals surface area contributed by atoms with E-state index in [2.05, 4.69) is 45.0 Å². The van der Waals surface area contributed by atoms with E-state index in [-0.39, 0.29) is 12.2 Å². The summed E-state index contributed by atoms with van der Waals surface area (Å²) in [5.74, 6) is 0.142. The molecule has 5 nitrogen and oxygen atoms in total. The highest BCUT2D eigenvalue weighted by Gasteiger charge is 2.27. The maximum Gasteiger partial charge on any atom is 0.389 e. The monoisotopic (exact) mass is 389 g/mol. The van der Waals surface area contributed by atoms with Crippen LogP contribution >= 0.6 is 0 Å². The fourth-order valence-electron chi connectivity index (χ4n) is 2.34. The van der Waals surface area contributed by atoms with Gasteiger partial charge in [-0.2, -0.15) is 18.3 Å². The van der Waals surface area contributed by atoms with Crippen LogP contribution in [0.3, 0.4) is 0 Å². The molecule has 28 heavy (non-hydrogen) atoms. The van der Waals surface area contributed by atoms with Gasteiger partial charge in [0.15, 0.2) is 0 Å². The fraction of sp³-hybridized carbons (Fsp3) is 0.300. The number of halogens is 3. The quantitative estimate of drug-likeness (QED) is 0.517. The molecule has 0 amide bonds. The first-order valence-electron chi connectivity index (χ1n) is 8.82. The van der Waals surface area contributed by atoms with E-state index in [9.17, 15) is 13.2 Å². The zero-order valence-corrected chi connectivity index (χ0v) is 15.6. The van der Waals surface area contributed by atoms with E-state index in [0.29, 0.717) is 17.7 Å². The second-order valence-electron chi connectivity index (χ2n) is 5.99. The first-order valence-corrected chi connectivity index (χ1v) is 8.82. The molecule has 0 saturated heterocycles. The van der Waals surface area contributed by atoms with Crippen LogP contribution in [0.25, 0.3) is 0 Å². The number of nitrogens with one attached hydrogen (secondary N) is 1. The molecule has 0 fully saturated rings. The van der Waals surface area contributed by atoms with Gasteiger partial charge in [0.1, 0.15) is 5.82 Å². The highest BCUT2D eigenvalue weighted by molar-refractivity contribution is 6.08. The summed E-state index contributed by atoms with van der Waals surface area (Å²) >= 11 is 0. The van der Waals surface area contributed by atoms with E-state index in [0.717, 1.165) is 17.5 Å². The molecule has 0 aliphatic rings. The lowest BCUT2D eigenvalue weighted by molar-refractivity contribution is -0.134. The Labute approximate surface area is 162 Å². The summed E-state index contributed by atoms with van der Waals surface area (Å²) in [4.78, 5) is 12.2. The van der Waals surface area contributed by atoms with Gasteiger partial charge in [-0.3, -0.25) is 10.4 Å². The second-order valence-corrected chi connectivity index (χ2v) is 5.99. The number of hydrogen-bond acceptors (Lipinski definition) is 5. The highest BCUT2D eigenvalue weighted by atomic mass is 19.4. The summed E-state index contributed by atoms with van der Waals surface area (Å²) in [6.45, 7) is 5.62. The van der Waals surface area contributed by atoms with E-state index in [1.807, 2.05) is 12.3 Å². The van der Waals surface area contributed by atoms with E-state index >= 15 is 0 Å². The SMILES string of the molecule is C=CN/N=C(\C=C/Cc1cncc(CC)c1)c1cnc(CCC(F)(F)F)nc1. The van der Waals surface area contributed by atoms with Gasteiger partial charge in [-0.15, -0.1) is 0 Å². The van der Waals surface area contributed by atoms with Gasteiger partial charge in [-0.25, -0.2) is 9.97 Å². The number of allylic oxidation sites excluding steroid dienone is 2. The first kappa shape index (κ1) is 21.3. The number of hydrogen-bond donors (Lipinski definition) is 1. The third-order valence-electron chi connectivity index (χ3n) is 3.80. The lowest BCUT2D eigenvalue weighted by Crippen LogP contribution is -2.11. The summed E-state index contributed by atoms with van der Waals surface area (Å²) in [6, 6.07) is 2.09. The smallest absolute Gasteiger partial charge is 0.286 e. The Hall–Kier alpha value is -3.03. The van der Waals surface area contributed by atoms with E-state index < -0.39 is 12.6 Å². The summed E-state index contributed by atoms with van der Waals surface area (Å²) in [7, 11) is 0. The Morgan fingerprint density at radius 3 is 2.54 bits per heavy atom. The minimum Gasteiger partial charge on any atom is -0.286 e. The van der Waals surface area contributed by atoms with Crippen LogP contribution in [0.2, 0.25) is 0 Å². The Kier molecular flexibility index (Phi) is 7.86. The minimum absolute atomic E-state index is 0.142. The van der Waals surface area contributed by atoms with E-state index in [1.54, 1.807) is 12.3 Å². The van der Waals surface area contributed by atoms with Crippen molar-refractivity contribution < 1.29 is 13.2 Å². The van der Waals surface area contributed by atoms with E-state index in [4.69, 9.17) is 0 Å². The van der Waals surface area contributed by atoms with Gasteiger partial charge in [-0.05, 0) is 30.0 Å². The Morgan fingerprint density at radius 1 is 1.18 bits per heavy atom. The Morgan fingerprint density at radius 2 is 1.89 bits per heavy atom. The van der Waals surface area contributed by atoms with Crippen LogP contribution in [-0.4, -0.2) is 26.8 Å². The minimum atomic E-state index is -4.23. The molecule has 0 aromatic carbocycles. The van der Waals surface area contributed by atoms with Crippen molar-refractivity contribution in [1.82, 2.24) is 20.4 Å². The van der Waals surface area contributed by atoms with Crippen LogP contribution in [-0.2, 0) is 19.3 Å². The Balaban J connectivity index is 2.09. The van der Waals surface area contributed by atoms with Gasteiger partial charge in [0.2, 0.25) is 0 Å². The number of pyridine rings is 1. The lowest BCUT2D eigenvalue weighted by atomic mass is 10.1. The van der Waals surface area contributed by atoms with Crippen LogP contribution < -0.4 is 5.43 Å². The zero-order valence-electron chi connectivity index (χ0n) is 15.6. The summed E-state index contributed by atoms with van der Waals surface area (Å²) in [5.41, 5.74) is 6.02. The van der Waals surface area contributed by atoms with Gasteiger partial charge in [0.25, 0.3) is 0 Å². The summed E-state index contributed by atoms with van der Waals surface area (Å²) in [5, 5.41) is 4.18. The fourth-order valence-corrected chi connectivity index (χ4v) is 2.34. The third kappa shape index (κ3) is 7.30. The molecule has 148 valence electrons. The molecule has 0 bridgehead atoms. The van der Waals surface area contributed by atoms with E-state index in [1.165, 1.54) is 18.6 Å². The molecule has 0 saturated carbocycles. The van der Waals surface area contributed by atoms with Gasteiger partial charge in [0, 0.05) is 43.0 Å². The lowest BCUT2D eigenvalue weighted by Gasteiger charge is -2.06. The molecule has 2 rings (SSSR count). The molecule has 0 radical (unpaired) electrons. The number of aromatic nitrogens is 3. The predicted molar refractivity (Wildman–Crippen MR) is 103 cm³/mol.